The lowest BCUT2D eigenvalue weighted by Gasteiger charge is -2.11. The number of aromatic amines is 1. The van der Waals surface area contributed by atoms with Gasteiger partial charge in [-0.2, -0.15) is 0 Å². The quantitative estimate of drug-likeness (QED) is 0.334. The molecule has 0 saturated carbocycles. The zero-order valence-corrected chi connectivity index (χ0v) is 13.5. The van der Waals surface area contributed by atoms with E-state index >= 15 is 0 Å². The number of hydrogen-bond donors (Lipinski definition) is 3. The van der Waals surface area contributed by atoms with Gasteiger partial charge in [-0.3, -0.25) is 10.2 Å². The Kier molecular flexibility index (Phi) is 3.00. The zero-order chi connectivity index (χ0) is 17.7. The molecule has 0 fully saturated rings. The summed E-state index contributed by atoms with van der Waals surface area (Å²) in [5.41, 5.74) is 6.17. The zero-order valence-electron chi connectivity index (χ0n) is 13.5. The third-order valence-corrected chi connectivity index (χ3v) is 4.27. The molecule has 0 aliphatic heterocycles. The predicted molar refractivity (Wildman–Crippen MR) is 100 cm³/mol. The summed E-state index contributed by atoms with van der Waals surface area (Å²) in [4.78, 5) is 29.9. The predicted octanol–water partition coefficient (Wildman–Crippen LogP) is 2.10. The summed E-state index contributed by atoms with van der Waals surface area (Å²) in [5.74, 6) is 5.86. The van der Waals surface area contributed by atoms with Gasteiger partial charge in [0.2, 0.25) is 5.95 Å². The van der Waals surface area contributed by atoms with Gasteiger partial charge in [-0.05, 0) is 24.3 Å². The Hall–Kier alpha value is -3.78. The van der Waals surface area contributed by atoms with Crippen LogP contribution >= 0.6 is 0 Å². The average Bonchev–Trinajstić information content (AvgIpc) is 3.04. The number of hydrogen-bond acceptors (Lipinski definition) is 6. The molecule has 5 rings (SSSR count). The van der Waals surface area contributed by atoms with Crippen molar-refractivity contribution in [3.8, 4) is 5.69 Å². The highest BCUT2D eigenvalue weighted by Crippen LogP contribution is 2.23. The average molecular weight is 343 g/mol. The molecule has 0 amide bonds. The van der Waals surface area contributed by atoms with Crippen LogP contribution in [0.5, 0.6) is 0 Å². The van der Waals surface area contributed by atoms with E-state index in [-0.39, 0.29) is 11.5 Å². The van der Waals surface area contributed by atoms with Gasteiger partial charge < -0.3 is 4.98 Å². The minimum atomic E-state index is -0.280. The Balaban J connectivity index is 1.92. The molecular formula is C18H13N7O. The van der Waals surface area contributed by atoms with Gasteiger partial charge in [-0.25, -0.2) is 25.4 Å². The van der Waals surface area contributed by atoms with Crippen LogP contribution in [0.4, 0.5) is 5.95 Å². The first-order valence-corrected chi connectivity index (χ1v) is 7.99. The second-order valence-corrected chi connectivity index (χ2v) is 5.81. The normalized spacial score (nSPS) is 11.4. The molecule has 0 bridgehead atoms. The van der Waals surface area contributed by atoms with Crippen LogP contribution in [-0.2, 0) is 0 Å². The number of nitrogen functional groups attached to an aromatic ring is 1. The Bertz CT molecular complexity index is 1340. The van der Waals surface area contributed by atoms with Gasteiger partial charge in [0.05, 0.1) is 16.7 Å². The maximum Gasteiger partial charge on any atom is 0.284 e. The van der Waals surface area contributed by atoms with E-state index in [4.69, 9.17) is 5.84 Å². The van der Waals surface area contributed by atoms with Crippen molar-refractivity contribution < 1.29 is 0 Å². The van der Waals surface area contributed by atoms with Crippen molar-refractivity contribution >= 4 is 39.2 Å². The number of aromatic nitrogens is 5. The first kappa shape index (κ1) is 14.6. The molecule has 8 nitrogen and oxygen atoms in total. The van der Waals surface area contributed by atoms with Crippen LogP contribution in [0.25, 0.3) is 38.9 Å². The van der Waals surface area contributed by atoms with Crippen LogP contribution in [0.15, 0.2) is 59.4 Å². The largest absolute Gasteiger partial charge is 0.332 e. The third kappa shape index (κ3) is 1.99. The van der Waals surface area contributed by atoms with E-state index in [0.29, 0.717) is 27.9 Å². The van der Waals surface area contributed by atoms with Crippen LogP contribution in [-0.4, -0.2) is 24.5 Å². The monoisotopic (exact) mass is 343 g/mol. The Morgan fingerprint density at radius 3 is 2.31 bits per heavy atom. The van der Waals surface area contributed by atoms with E-state index in [1.54, 1.807) is 0 Å². The molecule has 0 aliphatic carbocycles. The van der Waals surface area contributed by atoms with E-state index < -0.39 is 0 Å². The molecule has 3 heterocycles. The number of fused-ring (bicyclic) bond motifs is 4. The van der Waals surface area contributed by atoms with Crippen LogP contribution < -0.4 is 16.8 Å². The molecule has 0 atom stereocenters. The van der Waals surface area contributed by atoms with Gasteiger partial charge in [-0.15, -0.1) is 0 Å². The number of nitrogens with two attached hydrogens (primary N) is 1. The molecular weight excluding hydrogens is 330 g/mol. The van der Waals surface area contributed by atoms with Gasteiger partial charge in [0.25, 0.3) is 5.56 Å². The van der Waals surface area contributed by atoms with Crippen LogP contribution in [0, 0.1) is 0 Å². The number of nitrogens with zero attached hydrogens (tertiary/aromatic N) is 4. The lowest BCUT2D eigenvalue weighted by Crippen LogP contribution is -2.25. The second kappa shape index (κ2) is 5.36. The minimum Gasteiger partial charge on any atom is -0.332 e. The summed E-state index contributed by atoms with van der Waals surface area (Å²) in [6.45, 7) is 0. The summed E-state index contributed by atoms with van der Waals surface area (Å²) < 4.78 is 1.41. The number of nitrogens with one attached hydrogen (secondary N) is 2. The standard InChI is InChI=1S/C18H13N7O/c19-24-18-23-13-14-16(21-12-9-5-4-8-11(12)20-14)22-15(13)17(26)25(18)10-6-2-1-3-7-10/h1-9H,19H2,(H,21,22)(H,23,24). The molecule has 2 aromatic carbocycles. The summed E-state index contributed by atoms with van der Waals surface area (Å²) in [7, 11) is 0. The number of anilines is 1. The fourth-order valence-electron chi connectivity index (χ4n) is 3.09. The van der Waals surface area contributed by atoms with Gasteiger partial charge in [-0.1, -0.05) is 30.3 Å². The Morgan fingerprint density at radius 2 is 1.58 bits per heavy atom. The first-order chi connectivity index (χ1) is 12.8. The molecule has 126 valence electrons. The molecule has 3 aromatic heterocycles. The molecule has 26 heavy (non-hydrogen) atoms. The van der Waals surface area contributed by atoms with Gasteiger partial charge in [0.1, 0.15) is 16.6 Å². The number of hydrazine groups is 1. The first-order valence-electron chi connectivity index (χ1n) is 7.99. The van der Waals surface area contributed by atoms with Gasteiger partial charge in [0.15, 0.2) is 5.65 Å². The number of rotatable bonds is 2. The lowest BCUT2D eigenvalue weighted by molar-refractivity contribution is 0.953. The van der Waals surface area contributed by atoms with Crippen LogP contribution in [0.3, 0.4) is 0 Å². The SMILES string of the molecule is NNc1nc2c([nH]c3nc4ccccc4nc32)c(=O)n1-c1ccccc1. The Labute approximate surface area is 146 Å². The summed E-state index contributed by atoms with van der Waals surface area (Å²) in [6.07, 6.45) is 0. The maximum absolute atomic E-state index is 13.1. The fourth-order valence-corrected chi connectivity index (χ4v) is 3.09. The second-order valence-electron chi connectivity index (χ2n) is 5.81. The lowest BCUT2D eigenvalue weighted by atomic mass is 10.3. The minimum absolute atomic E-state index is 0.226. The van der Waals surface area contributed by atoms with Gasteiger partial charge in [0, 0.05) is 0 Å². The molecule has 0 saturated heterocycles. The molecule has 8 heteroatoms. The smallest absolute Gasteiger partial charge is 0.284 e. The van der Waals surface area contributed by atoms with Crippen molar-refractivity contribution in [2.24, 2.45) is 5.84 Å². The van der Waals surface area contributed by atoms with E-state index in [1.165, 1.54) is 4.57 Å². The molecule has 0 aliphatic rings. The maximum atomic E-state index is 13.1. The van der Waals surface area contributed by atoms with E-state index in [2.05, 4.69) is 25.4 Å². The van der Waals surface area contributed by atoms with Crippen molar-refractivity contribution in [3.63, 3.8) is 0 Å². The summed E-state index contributed by atoms with van der Waals surface area (Å²) in [6, 6.07) is 16.7. The van der Waals surface area contributed by atoms with E-state index in [1.807, 2.05) is 54.6 Å². The highest BCUT2D eigenvalue weighted by Gasteiger charge is 2.18. The highest BCUT2D eigenvalue weighted by atomic mass is 16.1. The topological polar surface area (TPSA) is 115 Å². The number of para-hydroxylation sites is 3. The molecule has 5 aromatic rings. The van der Waals surface area contributed by atoms with Crippen molar-refractivity contribution in [1.29, 1.82) is 0 Å². The molecule has 0 radical (unpaired) electrons. The van der Waals surface area contributed by atoms with Crippen LogP contribution in [0.2, 0.25) is 0 Å². The van der Waals surface area contributed by atoms with Crippen molar-refractivity contribution in [2.45, 2.75) is 0 Å². The van der Waals surface area contributed by atoms with Gasteiger partial charge >= 0.3 is 0 Å². The van der Waals surface area contributed by atoms with Crippen molar-refractivity contribution in [2.75, 3.05) is 5.43 Å². The Morgan fingerprint density at radius 1 is 0.885 bits per heavy atom. The van der Waals surface area contributed by atoms with Crippen molar-refractivity contribution in [3.05, 3.63) is 65.0 Å². The fraction of sp³-hybridized carbons (Fsp3) is 0. The van der Waals surface area contributed by atoms with E-state index in [9.17, 15) is 4.79 Å². The molecule has 0 unspecified atom stereocenters. The number of H-pyrrole nitrogens is 1. The number of benzene rings is 2. The van der Waals surface area contributed by atoms with Crippen LogP contribution in [0.1, 0.15) is 0 Å². The molecule has 4 N–H and O–H groups in total. The molecule has 0 spiro atoms. The highest BCUT2D eigenvalue weighted by molar-refractivity contribution is 6.03. The van der Waals surface area contributed by atoms with Crippen molar-refractivity contribution in [1.82, 2.24) is 24.5 Å². The summed E-state index contributed by atoms with van der Waals surface area (Å²) in [5, 5.41) is 0. The summed E-state index contributed by atoms with van der Waals surface area (Å²) >= 11 is 0. The van der Waals surface area contributed by atoms with E-state index in [0.717, 1.165) is 11.0 Å². The third-order valence-electron chi connectivity index (χ3n) is 4.27.